The lowest BCUT2D eigenvalue weighted by molar-refractivity contribution is -0.117. The van der Waals surface area contributed by atoms with Gasteiger partial charge >= 0.3 is 0 Å². The molecule has 1 N–H and O–H groups in total. The number of anilines is 1. The molecule has 3 aromatic heterocycles. The van der Waals surface area contributed by atoms with Crippen LogP contribution in [-0.4, -0.2) is 38.7 Å². The van der Waals surface area contributed by atoms with Gasteiger partial charge in [0, 0.05) is 18.6 Å². The molecule has 2 atom stereocenters. The van der Waals surface area contributed by atoms with E-state index >= 15 is 0 Å². The van der Waals surface area contributed by atoms with Crippen LogP contribution in [0.3, 0.4) is 0 Å². The van der Waals surface area contributed by atoms with Crippen LogP contribution in [0.4, 0.5) is 10.2 Å². The number of alkyl halides is 1. The Balaban J connectivity index is 1.71. The molecule has 0 bridgehead atoms. The van der Waals surface area contributed by atoms with Gasteiger partial charge in [0.2, 0.25) is 11.8 Å². The minimum absolute atomic E-state index is 0.289. The third-order valence-electron chi connectivity index (χ3n) is 4.37. The number of amides is 1. The summed E-state index contributed by atoms with van der Waals surface area (Å²) >= 11 is 0. The van der Waals surface area contributed by atoms with E-state index in [1.54, 1.807) is 25.6 Å². The van der Waals surface area contributed by atoms with E-state index in [4.69, 9.17) is 4.74 Å². The second kappa shape index (κ2) is 5.80. The fourth-order valence-electron chi connectivity index (χ4n) is 2.87. The number of fused-ring (bicyclic) bond motifs is 1. The van der Waals surface area contributed by atoms with Crippen molar-refractivity contribution in [3.05, 3.63) is 30.9 Å². The van der Waals surface area contributed by atoms with Crippen LogP contribution in [0.15, 0.2) is 30.9 Å². The Morgan fingerprint density at radius 2 is 2.16 bits per heavy atom. The van der Waals surface area contributed by atoms with Crippen molar-refractivity contribution >= 4 is 22.6 Å². The number of rotatable bonds is 4. The van der Waals surface area contributed by atoms with E-state index < -0.39 is 12.1 Å². The van der Waals surface area contributed by atoms with Crippen molar-refractivity contribution < 1.29 is 13.9 Å². The number of hydrogen-bond acceptors (Lipinski definition) is 5. The summed E-state index contributed by atoms with van der Waals surface area (Å²) in [5, 5.41) is 3.56. The summed E-state index contributed by atoms with van der Waals surface area (Å²) in [6.45, 7) is 0. The molecule has 3 heterocycles. The molecule has 8 heteroatoms. The highest BCUT2D eigenvalue weighted by Crippen LogP contribution is 2.35. The van der Waals surface area contributed by atoms with Crippen LogP contribution in [0, 0.1) is 5.92 Å². The van der Waals surface area contributed by atoms with Crippen molar-refractivity contribution in [2.75, 3.05) is 12.4 Å². The Hall–Kier alpha value is -3.03. The highest BCUT2D eigenvalue weighted by Gasteiger charge is 2.43. The first kappa shape index (κ1) is 15.5. The lowest BCUT2D eigenvalue weighted by Gasteiger charge is -2.07. The summed E-state index contributed by atoms with van der Waals surface area (Å²) in [4.78, 5) is 24.3. The molecule has 0 aliphatic heterocycles. The summed E-state index contributed by atoms with van der Waals surface area (Å²) in [7, 11) is 3.46. The van der Waals surface area contributed by atoms with Crippen molar-refractivity contribution in [1.82, 2.24) is 19.5 Å². The van der Waals surface area contributed by atoms with Gasteiger partial charge in [-0.25, -0.2) is 19.3 Å². The third kappa shape index (κ3) is 2.69. The van der Waals surface area contributed by atoms with E-state index in [2.05, 4.69) is 20.3 Å². The van der Waals surface area contributed by atoms with E-state index in [1.165, 1.54) is 6.33 Å². The number of carbonyl (C=O) groups excluding carboxylic acids is 1. The number of carbonyl (C=O) groups is 1. The molecular weight excluding hydrogens is 325 g/mol. The monoisotopic (exact) mass is 341 g/mol. The van der Waals surface area contributed by atoms with Crippen molar-refractivity contribution in [1.29, 1.82) is 0 Å². The quantitative estimate of drug-likeness (QED) is 0.788. The largest absolute Gasteiger partial charge is 0.480 e. The second-order valence-corrected chi connectivity index (χ2v) is 6.01. The minimum Gasteiger partial charge on any atom is -0.480 e. The Morgan fingerprint density at radius 3 is 2.88 bits per heavy atom. The number of halogens is 1. The first-order valence-electron chi connectivity index (χ1n) is 7.83. The lowest BCUT2D eigenvalue weighted by atomic mass is 10.2. The summed E-state index contributed by atoms with van der Waals surface area (Å²) in [5.74, 6) is 0.0123. The number of ether oxygens (including phenoxy) is 1. The van der Waals surface area contributed by atoms with Crippen molar-refractivity contribution in [3.63, 3.8) is 0 Å². The Labute approximate surface area is 142 Å². The highest BCUT2D eigenvalue weighted by molar-refractivity contribution is 5.96. The summed E-state index contributed by atoms with van der Waals surface area (Å²) in [5.41, 5.74) is 2.50. The Morgan fingerprint density at radius 1 is 1.36 bits per heavy atom. The topological polar surface area (TPSA) is 81.9 Å². The first-order valence-corrected chi connectivity index (χ1v) is 7.83. The number of nitrogens with zero attached hydrogens (tertiary/aromatic N) is 4. The van der Waals surface area contributed by atoms with Crippen LogP contribution in [0.1, 0.15) is 6.42 Å². The maximum absolute atomic E-state index is 13.0. The van der Waals surface area contributed by atoms with Gasteiger partial charge in [0.15, 0.2) is 0 Å². The molecule has 0 aromatic carbocycles. The molecule has 7 nitrogen and oxygen atoms in total. The van der Waals surface area contributed by atoms with Crippen molar-refractivity contribution in [2.24, 2.45) is 13.0 Å². The normalized spacial score (nSPS) is 19.0. The van der Waals surface area contributed by atoms with Gasteiger partial charge in [-0.2, -0.15) is 0 Å². The van der Waals surface area contributed by atoms with Gasteiger partial charge in [0.05, 0.1) is 36.0 Å². The molecule has 0 unspecified atom stereocenters. The molecule has 0 radical (unpaired) electrons. The van der Waals surface area contributed by atoms with Crippen LogP contribution in [-0.2, 0) is 11.8 Å². The van der Waals surface area contributed by atoms with Gasteiger partial charge in [-0.3, -0.25) is 4.79 Å². The fourth-order valence-corrected chi connectivity index (χ4v) is 2.87. The SMILES string of the molecule is COc1ncncc1-c1cc2cc(NC(=O)[C@@H]3C[C@@H]3F)ncc2n1C. The summed E-state index contributed by atoms with van der Waals surface area (Å²) in [6, 6.07) is 3.71. The van der Waals surface area contributed by atoms with Crippen molar-refractivity contribution in [3.8, 4) is 17.1 Å². The molecule has 25 heavy (non-hydrogen) atoms. The molecule has 0 saturated heterocycles. The van der Waals surface area contributed by atoms with Gasteiger partial charge in [-0.1, -0.05) is 0 Å². The molecule has 1 aliphatic carbocycles. The van der Waals surface area contributed by atoms with E-state index in [9.17, 15) is 9.18 Å². The molecule has 1 saturated carbocycles. The van der Waals surface area contributed by atoms with Crippen LogP contribution in [0.25, 0.3) is 22.2 Å². The number of methoxy groups -OCH3 is 1. The zero-order valence-corrected chi connectivity index (χ0v) is 13.7. The average molecular weight is 341 g/mol. The molecular formula is C17H16FN5O2. The molecule has 4 rings (SSSR count). The zero-order chi connectivity index (χ0) is 17.6. The van der Waals surface area contributed by atoms with Crippen LogP contribution in [0.5, 0.6) is 5.88 Å². The van der Waals surface area contributed by atoms with Gasteiger partial charge in [-0.15, -0.1) is 0 Å². The Bertz CT molecular complexity index is 971. The second-order valence-electron chi connectivity index (χ2n) is 6.01. The standard InChI is InChI=1S/C17H16FN5O2/c1-23-13(11-6-19-8-21-17(11)25-2)3-9-4-15(20-7-14(9)23)22-16(24)10-5-12(10)18/h3-4,6-8,10,12H,5H2,1-2H3,(H,20,22,24)/t10-,12+/m1/s1. The number of pyridine rings is 1. The zero-order valence-electron chi connectivity index (χ0n) is 13.7. The number of hydrogen-bond donors (Lipinski definition) is 1. The molecule has 1 fully saturated rings. The van der Waals surface area contributed by atoms with E-state index in [0.717, 1.165) is 22.2 Å². The average Bonchev–Trinajstić information content (AvgIpc) is 3.27. The van der Waals surface area contributed by atoms with Crippen LogP contribution >= 0.6 is 0 Å². The Kier molecular flexibility index (Phi) is 3.60. The van der Waals surface area contributed by atoms with Gasteiger partial charge in [0.25, 0.3) is 0 Å². The van der Waals surface area contributed by atoms with Crippen LogP contribution in [0.2, 0.25) is 0 Å². The minimum atomic E-state index is -1.03. The number of aromatic nitrogens is 4. The predicted molar refractivity (Wildman–Crippen MR) is 89.9 cm³/mol. The number of nitrogens with one attached hydrogen (secondary N) is 1. The fraction of sp³-hybridized carbons (Fsp3) is 0.294. The smallest absolute Gasteiger partial charge is 0.231 e. The van der Waals surface area contributed by atoms with Crippen molar-refractivity contribution in [2.45, 2.75) is 12.6 Å². The molecule has 1 aliphatic rings. The van der Waals surface area contributed by atoms with E-state index in [-0.39, 0.29) is 12.3 Å². The highest BCUT2D eigenvalue weighted by atomic mass is 19.1. The number of aryl methyl sites for hydroxylation is 1. The van der Waals surface area contributed by atoms with Gasteiger partial charge in [0.1, 0.15) is 18.3 Å². The van der Waals surface area contributed by atoms with Gasteiger partial charge in [-0.05, 0) is 18.6 Å². The molecule has 128 valence electrons. The predicted octanol–water partition coefficient (Wildman–Crippen LogP) is 2.34. The maximum Gasteiger partial charge on any atom is 0.231 e. The maximum atomic E-state index is 13.0. The molecule has 0 spiro atoms. The molecule has 1 amide bonds. The van der Waals surface area contributed by atoms with E-state index in [0.29, 0.717) is 11.7 Å². The van der Waals surface area contributed by atoms with Gasteiger partial charge < -0.3 is 14.6 Å². The molecule has 3 aromatic rings. The lowest BCUT2D eigenvalue weighted by Crippen LogP contribution is -2.15. The van der Waals surface area contributed by atoms with Crippen LogP contribution < -0.4 is 10.1 Å². The summed E-state index contributed by atoms with van der Waals surface area (Å²) in [6.07, 6.45) is 4.04. The summed E-state index contributed by atoms with van der Waals surface area (Å²) < 4.78 is 20.2. The third-order valence-corrected chi connectivity index (χ3v) is 4.37. The first-order chi connectivity index (χ1) is 12.1. The van der Waals surface area contributed by atoms with E-state index in [1.807, 2.05) is 17.7 Å².